The van der Waals surface area contributed by atoms with Gasteiger partial charge in [0.2, 0.25) is 0 Å². The lowest BCUT2D eigenvalue weighted by Gasteiger charge is -2.12. The lowest BCUT2D eigenvalue weighted by atomic mass is 10.1. The summed E-state index contributed by atoms with van der Waals surface area (Å²) in [7, 11) is 0. The second-order valence-corrected chi connectivity index (χ2v) is 6.95. The predicted molar refractivity (Wildman–Crippen MR) is 90.7 cm³/mol. The standard InChI is InChI=1S/C17H21N3O2S/c1-11-20-14(10-23-11)9-22-15-4-2-3-13(7-15)17(21)19-8-16(18)12-5-6-12/h2-4,7,10,12,16H,5-6,8-9,18H2,1H3,(H,19,21). The molecule has 1 fully saturated rings. The van der Waals surface area contributed by atoms with Crippen molar-refractivity contribution in [3.8, 4) is 5.75 Å². The molecule has 3 rings (SSSR count). The van der Waals surface area contributed by atoms with Crippen molar-refractivity contribution in [2.24, 2.45) is 11.7 Å². The lowest BCUT2D eigenvalue weighted by molar-refractivity contribution is 0.0950. The molecule has 5 nitrogen and oxygen atoms in total. The Morgan fingerprint density at radius 2 is 2.35 bits per heavy atom. The number of nitrogens with one attached hydrogen (secondary N) is 1. The molecule has 1 aliphatic carbocycles. The van der Waals surface area contributed by atoms with E-state index in [0.29, 0.717) is 30.4 Å². The van der Waals surface area contributed by atoms with Crippen LogP contribution in [-0.4, -0.2) is 23.5 Å². The van der Waals surface area contributed by atoms with Crippen LogP contribution in [0.2, 0.25) is 0 Å². The number of carbonyl (C=O) groups is 1. The molecular weight excluding hydrogens is 310 g/mol. The van der Waals surface area contributed by atoms with Crippen molar-refractivity contribution in [2.45, 2.75) is 32.4 Å². The summed E-state index contributed by atoms with van der Waals surface area (Å²) < 4.78 is 5.71. The Morgan fingerprint density at radius 1 is 1.52 bits per heavy atom. The Hall–Kier alpha value is -1.92. The second-order valence-electron chi connectivity index (χ2n) is 5.89. The van der Waals surface area contributed by atoms with Crippen LogP contribution in [0.3, 0.4) is 0 Å². The number of hydrogen-bond donors (Lipinski definition) is 2. The average Bonchev–Trinajstić information content (AvgIpc) is 3.33. The molecule has 0 spiro atoms. The molecule has 3 N–H and O–H groups in total. The van der Waals surface area contributed by atoms with Crippen LogP contribution in [-0.2, 0) is 6.61 Å². The van der Waals surface area contributed by atoms with Gasteiger partial charge < -0.3 is 15.8 Å². The van der Waals surface area contributed by atoms with Gasteiger partial charge in [0.1, 0.15) is 12.4 Å². The summed E-state index contributed by atoms with van der Waals surface area (Å²) in [5.74, 6) is 1.12. The van der Waals surface area contributed by atoms with Crippen molar-refractivity contribution in [1.82, 2.24) is 10.3 Å². The number of amides is 1. The molecule has 1 aliphatic rings. The van der Waals surface area contributed by atoms with Gasteiger partial charge in [-0.3, -0.25) is 4.79 Å². The Balaban J connectivity index is 1.54. The van der Waals surface area contributed by atoms with Crippen molar-refractivity contribution in [2.75, 3.05) is 6.54 Å². The molecule has 1 saturated carbocycles. The van der Waals surface area contributed by atoms with Gasteiger partial charge in [-0.05, 0) is 43.9 Å². The summed E-state index contributed by atoms with van der Waals surface area (Å²) in [6.45, 7) is 2.89. The van der Waals surface area contributed by atoms with Gasteiger partial charge in [0, 0.05) is 23.5 Å². The average molecular weight is 331 g/mol. The number of rotatable bonds is 7. The van der Waals surface area contributed by atoms with E-state index in [1.165, 1.54) is 12.8 Å². The summed E-state index contributed by atoms with van der Waals surface area (Å²) in [5, 5.41) is 5.89. The predicted octanol–water partition coefficient (Wildman–Crippen LogP) is 2.50. The first kappa shape index (κ1) is 16.0. The fraction of sp³-hybridized carbons (Fsp3) is 0.412. The quantitative estimate of drug-likeness (QED) is 0.817. The molecule has 2 aromatic rings. The molecular formula is C17H21N3O2S. The van der Waals surface area contributed by atoms with Gasteiger partial charge in [-0.25, -0.2) is 4.98 Å². The summed E-state index contributed by atoms with van der Waals surface area (Å²) in [4.78, 5) is 16.5. The maximum atomic E-state index is 12.2. The first-order valence-corrected chi connectivity index (χ1v) is 8.67. The third kappa shape index (κ3) is 4.53. The van der Waals surface area contributed by atoms with Gasteiger partial charge in [0.15, 0.2) is 0 Å². The van der Waals surface area contributed by atoms with E-state index < -0.39 is 0 Å². The highest BCUT2D eigenvalue weighted by atomic mass is 32.1. The maximum absolute atomic E-state index is 12.2. The molecule has 1 aromatic heterocycles. The monoisotopic (exact) mass is 331 g/mol. The third-order valence-electron chi connectivity index (χ3n) is 3.88. The van der Waals surface area contributed by atoms with E-state index >= 15 is 0 Å². The minimum Gasteiger partial charge on any atom is -0.487 e. The number of nitrogens with two attached hydrogens (primary N) is 1. The molecule has 1 atom stereocenters. The molecule has 0 radical (unpaired) electrons. The van der Waals surface area contributed by atoms with E-state index in [4.69, 9.17) is 10.5 Å². The summed E-state index contributed by atoms with van der Waals surface area (Å²) in [6, 6.07) is 7.24. The van der Waals surface area contributed by atoms with Crippen LogP contribution < -0.4 is 15.8 Å². The number of aryl methyl sites for hydroxylation is 1. The zero-order chi connectivity index (χ0) is 16.2. The molecule has 1 amide bonds. The van der Waals surface area contributed by atoms with Crippen molar-refractivity contribution in [3.05, 3.63) is 45.9 Å². The SMILES string of the molecule is Cc1nc(COc2cccc(C(=O)NCC(N)C3CC3)c2)cs1. The fourth-order valence-corrected chi connectivity index (χ4v) is 2.96. The molecule has 23 heavy (non-hydrogen) atoms. The number of aromatic nitrogens is 1. The summed E-state index contributed by atoms with van der Waals surface area (Å²) >= 11 is 1.60. The zero-order valence-corrected chi connectivity index (χ0v) is 13.9. The van der Waals surface area contributed by atoms with Gasteiger partial charge in [-0.15, -0.1) is 11.3 Å². The molecule has 1 heterocycles. The number of carbonyl (C=O) groups excluding carboxylic acids is 1. The van der Waals surface area contributed by atoms with Gasteiger partial charge in [0.05, 0.1) is 10.7 Å². The number of thiazole rings is 1. The molecule has 1 unspecified atom stereocenters. The van der Waals surface area contributed by atoms with Gasteiger partial charge in [-0.2, -0.15) is 0 Å². The number of hydrogen-bond acceptors (Lipinski definition) is 5. The van der Waals surface area contributed by atoms with Crippen molar-refractivity contribution < 1.29 is 9.53 Å². The van der Waals surface area contributed by atoms with Crippen LogP contribution >= 0.6 is 11.3 Å². The van der Waals surface area contributed by atoms with E-state index in [9.17, 15) is 4.79 Å². The maximum Gasteiger partial charge on any atom is 0.251 e. The van der Waals surface area contributed by atoms with E-state index in [1.54, 1.807) is 23.5 Å². The first-order chi connectivity index (χ1) is 11.1. The van der Waals surface area contributed by atoms with Crippen LogP contribution in [0.1, 0.15) is 33.9 Å². The van der Waals surface area contributed by atoms with Crippen LogP contribution in [0.5, 0.6) is 5.75 Å². The topological polar surface area (TPSA) is 77.2 Å². The minimum absolute atomic E-state index is 0.0614. The van der Waals surface area contributed by atoms with Gasteiger partial charge >= 0.3 is 0 Å². The van der Waals surface area contributed by atoms with E-state index in [2.05, 4.69) is 10.3 Å². The Morgan fingerprint density at radius 3 is 3.04 bits per heavy atom. The first-order valence-electron chi connectivity index (χ1n) is 7.79. The van der Waals surface area contributed by atoms with Crippen molar-refractivity contribution in [1.29, 1.82) is 0 Å². The highest BCUT2D eigenvalue weighted by Crippen LogP contribution is 2.31. The molecule has 0 aliphatic heterocycles. The van der Waals surface area contributed by atoms with E-state index in [1.807, 2.05) is 24.4 Å². The Labute approximate surface area is 139 Å². The summed E-state index contributed by atoms with van der Waals surface area (Å²) in [6.07, 6.45) is 2.35. The molecule has 0 bridgehead atoms. The molecule has 6 heteroatoms. The number of nitrogens with zero attached hydrogens (tertiary/aromatic N) is 1. The highest BCUT2D eigenvalue weighted by Gasteiger charge is 2.28. The molecule has 122 valence electrons. The largest absolute Gasteiger partial charge is 0.487 e. The van der Waals surface area contributed by atoms with E-state index in [-0.39, 0.29) is 11.9 Å². The number of ether oxygens (including phenoxy) is 1. The van der Waals surface area contributed by atoms with Crippen molar-refractivity contribution >= 4 is 17.2 Å². The second kappa shape index (κ2) is 7.10. The lowest BCUT2D eigenvalue weighted by Crippen LogP contribution is -2.38. The summed E-state index contributed by atoms with van der Waals surface area (Å²) in [5.41, 5.74) is 7.49. The minimum atomic E-state index is -0.115. The number of benzene rings is 1. The zero-order valence-electron chi connectivity index (χ0n) is 13.1. The molecule has 0 saturated heterocycles. The Kier molecular flexibility index (Phi) is 4.93. The molecule has 1 aromatic carbocycles. The van der Waals surface area contributed by atoms with E-state index in [0.717, 1.165) is 10.7 Å². The Bertz CT molecular complexity index is 682. The smallest absolute Gasteiger partial charge is 0.251 e. The third-order valence-corrected chi connectivity index (χ3v) is 4.70. The van der Waals surface area contributed by atoms with Crippen LogP contribution in [0, 0.1) is 12.8 Å². The van der Waals surface area contributed by atoms with Gasteiger partial charge in [-0.1, -0.05) is 6.07 Å². The fourth-order valence-electron chi connectivity index (χ4n) is 2.36. The highest BCUT2D eigenvalue weighted by molar-refractivity contribution is 7.09. The van der Waals surface area contributed by atoms with Crippen LogP contribution in [0.4, 0.5) is 0 Å². The van der Waals surface area contributed by atoms with Crippen molar-refractivity contribution in [3.63, 3.8) is 0 Å². The van der Waals surface area contributed by atoms with Crippen LogP contribution in [0.15, 0.2) is 29.6 Å². The normalized spacial score (nSPS) is 15.2. The van der Waals surface area contributed by atoms with Crippen LogP contribution in [0.25, 0.3) is 0 Å². The van der Waals surface area contributed by atoms with Gasteiger partial charge in [0.25, 0.3) is 5.91 Å².